The van der Waals surface area contributed by atoms with E-state index in [2.05, 4.69) is 15.6 Å². The number of ether oxygens (including phenoxy) is 2. The standard InChI is InChI=1S/C27H21ClN4O5/c1-36-26-12-18(4-7-25(26)32(34)35)17-3-5-21-23(11-17)30-22-6-2-16(10-24(22)31-27(21)33)8-9-37-20-13-19(28)14-29-15-20/h2-7,10-15,30H,8-9H2,1H3,(H,31,33). The summed E-state index contributed by atoms with van der Waals surface area (Å²) in [5.41, 5.74) is 4.87. The van der Waals surface area contributed by atoms with Crippen molar-refractivity contribution in [3.63, 3.8) is 0 Å². The van der Waals surface area contributed by atoms with Crippen LogP contribution >= 0.6 is 11.6 Å². The van der Waals surface area contributed by atoms with Gasteiger partial charge in [0, 0.05) is 24.8 Å². The van der Waals surface area contributed by atoms with Crippen LogP contribution in [0.4, 0.5) is 22.7 Å². The molecule has 1 aliphatic rings. The number of fused-ring (bicyclic) bond motifs is 2. The van der Waals surface area contributed by atoms with E-state index < -0.39 is 4.92 Å². The smallest absolute Gasteiger partial charge is 0.310 e. The number of carbonyl (C=O) groups is 1. The third-order valence-electron chi connectivity index (χ3n) is 5.91. The van der Waals surface area contributed by atoms with Crippen molar-refractivity contribution < 1.29 is 19.2 Å². The molecular formula is C27H21ClN4O5. The predicted octanol–water partition coefficient (Wildman–Crippen LogP) is 6.25. The Kier molecular flexibility index (Phi) is 6.61. The Labute approximate surface area is 217 Å². The number of nitro benzene ring substituents is 1. The highest BCUT2D eigenvalue weighted by Crippen LogP contribution is 2.37. The van der Waals surface area contributed by atoms with E-state index in [9.17, 15) is 14.9 Å². The number of nitrogens with zero attached hydrogens (tertiary/aromatic N) is 2. The first-order chi connectivity index (χ1) is 17.9. The average Bonchev–Trinajstić information content (AvgIpc) is 3.03. The predicted molar refractivity (Wildman–Crippen MR) is 141 cm³/mol. The number of benzene rings is 3. The highest BCUT2D eigenvalue weighted by molar-refractivity contribution is 6.30. The van der Waals surface area contributed by atoms with Crippen molar-refractivity contribution in [2.24, 2.45) is 0 Å². The fourth-order valence-corrected chi connectivity index (χ4v) is 4.25. The molecule has 1 aliphatic heterocycles. The fourth-order valence-electron chi connectivity index (χ4n) is 4.09. The molecule has 3 aromatic carbocycles. The molecule has 1 aromatic heterocycles. The van der Waals surface area contributed by atoms with Gasteiger partial charge in [-0.1, -0.05) is 23.7 Å². The largest absolute Gasteiger partial charge is 0.492 e. The number of hydrogen-bond acceptors (Lipinski definition) is 7. The van der Waals surface area contributed by atoms with E-state index in [0.717, 1.165) is 22.4 Å². The molecule has 9 nitrogen and oxygen atoms in total. The van der Waals surface area contributed by atoms with Crippen LogP contribution in [0.5, 0.6) is 11.5 Å². The minimum atomic E-state index is -0.489. The molecule has 0 unspecified atom stereocenters. The van der Waals surface area contributed by atoms with Gasteiger partial charge < -0.3 is 20.1 Å². The number of hydrogen-bond donors (Lipinski definition) is 2. The van der Waals surface area contributed by atoms with Crippen LogP contribution in [0, 0.1) is 10.1 Å². The second-order valence-corrected chi connectivity index (χ2v) is 8.74. The number of anilines is 3. The summed E-state index contributed by atoms with van der Waals surface area (Å²) >= 11 is 5.94. The van der Waals surface area contributed by atoms with Crippen LogP contribution in [0.2, 0.25) is 5.02 Å². The summed E-state index contributed by atoms with van der Waals surface area (Å²) in [6.45, 7) is 0.421. The number of amides is 1. The van der Waals surface area contributed by atoms with E-state index in [1.54, 1.807) is 42.7 Å². The Morgan fingerprint density at radius 2 is 1.76 bits per heavy atom. The molecule has 1 amide bonds. The van der Waals surface area contributed by atoms with E-state index in [1.807, 2.05) is 24.3 Å². The van der Waals surface area contributed by atoms with Crippen LogP contribution < -0.4 is 20.1 Å². The lowest BCUT2D eigenvalue weighted by Crippen LogP contribution is -2.11. The zero-order valence-electron chi connectivity index (χ0n) is 19.7. The average molecular weight is 517 g/mol. The van der Waals surface area contributed by atoms with Gasteiger partial charge in [0.25, 0.3) is 5.91 Å². The lowest BCUT2D eigenvalue weighted by Gasteiger charge is -2.12. The first kappa shape index (κ1) is 24.1. The van der Waals surface area contributed by atoms with Gasteiger partial charge in [0.05, 0.1) is 52.5 Å². The summed E-state index contributed by atoms with van der Waals surface area (Å²) in [6.07, 6.45) is 3.76. The summed E-state index contributed by atoms with van der Waals surface area (Å²) in [7, 11) is 1.39. The van der Waals surface area contributed by atoms with Crippen molar-refractivity contribution in [3.05, 3.63) is 99.3 Å². The first-order valence-electron chi connectivity index (χ1n) is 11.3. The molecule has 0 atom stereocenters. The van der Waals surface area contributed by atoms with E-state index in [-0.39, 0.29) is 17.3 Å². The Morgan fingerprint density at radius 3 is 2.54 bits per heavy atom. The number of methoxy groups -OCH3 is 1. The van der Waals surface area contributed by atoms with Crippen molar-refractivity contribution in [3.8, 4) is 22.6 Å². The molecule has 186 valence electrons. The van der Waals surface area contributed by atoms with Crippen LogP contribution in [0.1, 0.15) is 15.9 Å². The van der Waals surface area contributed by atoms with Gasteiger partial charge in [0.2, 0.25) is 0 Å². The summed E-state index contributed by atoms with van der Waals surface area (Å²) in [5, 5.41) is 18.0. The molecule has 0 spiro atoms. The van der Waals surface area contributed by atoms with E-state index in [1.165, 1.54) is 13.2 Å². The van der Waals surface area contributed by atoms with Crippen LogP contribution in [0.25, 0.3) is 11.1 Å². The van der Waals surface area contributed by atoms with Gasteiger partial charge in [-0.25, -0.2) is 0 Å². The molecule has 0 aliphatic carbocycles. The van der Waals surface area contributed by atoms with Gasteiger partial charge in [-0.2, -0.15) is 0 Å². The monoisotopic (exact) mass is 516 g/mol. The number of pyridine rings is 1. The zero-order chi connectivity index (χ0) is 25.9. The molecule has 0 radical (unpaired) electrons. The molecule has 4 aromatic rings. The van der Waals surface area contributed by atoms with Gasteiger partial charge in [-0.15, -0.1) is 0 Å². The lowest BCUT2D eigenvalue weighted by atomic mass is 10.0. The Bertz CT molecular complexity index is 1520. The minimum absolute atomic E-state index is 0.113. The number of halogens is 1. The highest BCUT2D eigenvalue weighted by Gasteiger charge is 2.21. The summed E-state index contributed by atoms with van der Waals surface area (Å²) < 4.78 is 10.9. The zero-order valence-corrected chi connectivity index (χ0v) is 20.4. The quantitative estimate of drug-likeness (QED) is 0.220. The topological polar surface area (TPSA) is 116 Å². The Morgan fingerprint density at radius 1 is 0.946 bits per heavy atom. The molecule has 5 rings (SSSR count). The molecule has 0 bridgehead atoms. The van der Waals surface area contributed by atoms with Crippen LogP contribution in [0.3, 0.4) is 0 Å². The Hall–Kier alpha value is -4.63. The van der Waals surface area contributed by atoms with Gasteiger partial charge in [0.15, 0.2) is 5.75 Å². The maximum absolute atomic E-state index is 13.0. The van der Waals surface area contributed by atoms with Crippen LogP contribution in [-0.4, -0.2) is 29.5 Å². The van der Waals surface area contributed by atoms with Gasteiger partial charge >= 0.3 is 5.69 Å². The molecule has 2 heterocycles. The second kappa shape index (κ2) is 10.2. The molecular weight excluding hydrogens is 496 g/mol. The third-order valence-corrected chi connectivity index (χ3v) is 6.12. The second-order valence-electron chi connectivity index (χ2n) is 8.30. The van der Waals surface area contributed by atoms with Crippen molar-refractivity contribution in [2.75, 3.05) is 24.4 Å². The fraction of sp³-hybridized carbons (Fsp3) is 0.111. The van der Waals surface area contributed by atoms with Crippen molar-refractivity contribution in [1.29, 1.82) is 0 Å². The minimum Gasteiger partial charge on any atom is -0.492 e. The van der Waals surface area contributed by atoms with Crippen LogP contribution in [0.15, 0.2) is 73.1 Å². The summed E-state index contributed by atoms with van der Waals surface area (Å²) in [4.78, 5) is 27.7. The lowest BCUT2D eigenvalue weighted by molar-refractivity contribution is -0.385. The number of aromatic nitrogens is 1. The molecule has 37 heavy (non-hydrogen) atoms. The Balaban J connectivity index is 1.36. The number of rotatable bonds is 7. The first-order valence-corrected chi connectivity index (χ1v) is 11.7. The maximum Gasteiger partial charge on any atom is 0.310 e. The van der Waals surface area contributed by atoms with E-state index in [4.69, 9.17) is 21.1 Å². The molecule has 0 saturated heterocycles. The van der Waals surface area contributed by atoms with Gasteiger partial charge in [-0.05, 0) is 53.1 Å². The van der Waals surface area contributed by atoms with Gasteiger partial charge in [-0.3, -0.25) is 19.9 Å². The van der Waals surface area contributed by atoms with Crippen molar-refractivity contribution >= 4 is 40.3 Å². The summed E-state index contributed by atoms with van der Waals surface area (Å²) in [6, 6.07) is 17.5. The normalized spacial score (nSPS) is 11.9. The number of nitrogens with one attached hydrogen (secondary N) is 2. The van der Waals surface area contributed by atoms with E-state index >= 15 is 0 Å². The van der Waals surface area contributed by atoms with Crippen molar-refractivity contribution in [1.82, 2.24) is 4.98 Å². The number of nitro groups is 1. The molecule has 0 fully saturated rings. The SMILES string of the molecule is COc1cc(-c2ccc3c(c2)Nc2ccc(CCOc4cncc(Cl)c4)cc2NC3=O)ccc1[N+](=O)[O-]. The summed E-state index contributed by atoms with van der Waals surface area (Å²) in [5.74, 6) is 0.512. The molecule has 10 heteroatoms. The molecule has 2 N–H and O–H groups in total. The maximum atomic E-state index is 13.0. The van der Waals surface area contributed by atoms with Crippen molar-refractivity contribution in [2.45, 2.75) is 6.42 Å². The highest BCUT2D eigenvalue weighted by atomic mass is 35.5. The van der Waals surface area contributed by atoms with Gasteiger partial charge in [0.1, 0.15) is 5.75 Å². The third kappa shape index (κ3) is 5.17. The molecule has 0 saturated carbocycles. The van der Waals surface area contributed by atoms with E-state index in [0.29, 0.717) is 40.7 Å². The van der Waals surface area contributed by atoms with Crippen LogP contribution in [-0.2, 0) is 6.42 Å². The number of carbonyl (C=O) groups excluding carboxylic acids is 1.